The molecule has 1 atom stereocenters. The number of carbonyl (C=O) groups is 2. The lowest BCUT2D eigenvalue weighted by Crippen LogP contribution is -2.51. The second-order valence-electron chi connectivity index (χ2n) is 10.7. The third-order valence-electron chi connectivity index (χ3n) is 6.83. The van der Waals surface area contributed by atoms with Gasteiger partial charge in [0.1, 0.15) is 24.1 Å². The van der Waals surface area contributed by atoms with Crippen LogP contribution in [0.5, 0.6) is 11.5 Å². The fourth-order valence-corrected chi connectivity index (χ4v) is 5.76. The number of hydrogen-bond acceptors (Lipinski definition) is 6. The molecule has 0 bridgehead atoms. The van der Waals surface area contributed by atoms with Crippen LogP contribution in [0.2, 0.25) is 0 Å². The van der Waals surface area contributed by atoms with Crippen LogP contribution in [-0.2, 0) is 26.2 Å². The van der Waals surface area contributed by atoms with E-state index in [1.807, 2.05) is 33.8 Å². The van der Waals surface area contributed by atoms with Crippen molar-refractivity contribution in [1.82, 2.24) is 10.2 Å². The molecule has 1 N–H and O–H groups in total. The van der Waals surface area contributed by atoms with Crippen molar-refractivity contribution in [1.29, 1.82) is 0 Å². The first-order valence-electron chi connectivity index (χ1n) is 13.8. The number of aryl methyl sites for hydroxylation is 2. The number of nitrogens with zero attached hydrogens (tertiary/aromatic N) is 2. The number of methoxy groups -OCH3 is 2. The van der Waals surface area contributed by atoms with Crippen molar-refractivity contribution in [2.75, 3.05) is 31.6 Å². The molecule has 0 aliphatic carbocycles. The van der Waals surface area contributed by atoms with Gasteiger partial charge in [-0.25, -0.2) is 8.42 Å². The van der Waals surface area contributed by atoms with E-state index < -0.39 is 28.5 Å². The number of nitrogens with one attached hydrogen (secondary N) is 1. The van der Waals surface area contributed by atoms with Crippen molar-refractivity contribution in [3.8, 4) is 11.5 Å². The molecule has 42 heavy (non-hydrogen) atoms. The summed E-state index contributed by atoms with van der Waals surface area (Å²) in [6, 6.07) is 17.9. The average molecular weight is 596 g/mol. The molecule has 0 unspecified atom stereocenters. The maximum Gasteiger partial charge on any atom is 0.264 e. The normalized spacial score (nSPS) is 12.0. The number of sulfonamides is 1. The Morgan fingerprint density at radius 3 is 2.17 bits per heavy atom. The van der Waals surface area contributed by atoms with Gasteiger partial charge in [0.05, 0.1) is 24.8 Å². The predicted molar refractivity (Wildman–Crippen MR) is 164 cm³/mol. The number of benzene rings is 3. The predicted octanol–water partition coefficient (Wildman–Crippen LogP) is 4.71. The number of anilines is 1. The van der Waals surface area contributed by atoms with E-state index in [9.17, 15) is 18.0 Å². The van der Waals surface area contributed by atoms with Crippen LogP contribution in [0.15, 0.2) is 71.6 Å². The molecule has 0 spiro atoms. The van der Waals surface area contributed by atoms with Crippen molar-refractivity contribution in [3.63, 3.8) is 0 Å². The van der Waals surface area contributed by atoms with Crippen LogP contribution in [0.25, 0.3) is 0 Å². The molecule has 3 aromatic rings. The van der Waals surface area contributed by atoms with Crippen molar-refractivity contribution in [3.05, 3.63) is 83.4 Å². The Labute approximate surface area is 249 Å². The summed E-state index contributed by atoms with van der Waals surface area (Å²) < 4.78 is 40.1. The van der Waals surface area contributed by atoms with Crippen LogP contribution in [0.3, 0.4) is 0 Å². The first-order chi connectivity index (χ1) is 19.9. The Morgan fingerprint density at radius 1 is 0.881 bits per heavy atom. The zero-order valence-corrected chi connectivity index (χ0v) is 26.2. The van der Waals surface area contributed by atoms with Crippen molar-refractivity contribution >= 4 is 27.5 Å². The molecule has 0 saturated carbocycles. The molecular weight excluding hydrogens is 554 g/mol. The minimum absolute atomic E-state index is 0.0338. The minimum Gasteiger partial charge on any atom is -0.497 e. The van der Waals surface area contributed by atoms with E-state index in [2.05, 4.69) is 5.32 Å². The van der Waals surface area contributed by atoms with Crippen LogP contribution in [-0.4, -0.2) is 58.5 Å². The number of hydrogen-bond donors (Lipinski definition) is 1. The van der Waals surface area contributed by atoms with Crippen molar-refractivity contribution in [2.24, 2.45) is 5.92 Å². The topological polar surface area (TPSA) is 105 Å². The summed E-state index contributed by atoms with van der Waals surface area (Å²) in [4.78, 5) is 28.8. The van der Waals surface area contributed by atoms with Crippen molar-refractivity contribution in [2.45, 2.75) is 52.1 Å². The Balaban J connectivity index is 2.09. The highest BCUT2D eigenvalue weighted by Crippen LogP contribution is 2.34. The summed E-state index contributed by atoms with van der Waals surface area (Å²) in [5.41, 5.74) is 2.64. The van der Waals surface area contributed by atoms with Gasteiger partial charge >= 0.3 is 0 Å². The smallest absolute Gasteiger partial charge is 0.264 e. The van der Waals surface area contributed by atoms with Crippen LogP contribution >= 0.6 is 0 Å². The molecule has 10 heteroatoms. The Morgan fingerprint density at radius 2 is 1.55 bits per heavy atom. The lowest BCUT2D eigenvalue weighted by molar-refractivity contribution is -0.139. The molecule has 9 nitrogen and oxygen atoms in total. The largest absolute Gasteiger partial charge is 0.497 e. The van der Waals surface area contributed by atoms with Crippen LogP contribution in [0, 0.1) is 19.8 Å². The molecule has 3 aromatic carbocycles. The Bertz CT molecular complexity index is 1490. The van der Waals surface area contributed by atoms with Crippen LogP contribution < -0.4 is 19.1 Å². The van der Waals surface area contributed by atoms with Gasteiger partial charge in [0.25, 0.3) is 10.0 Å². The highest BCUT2D eigenvalue weighted by molar-refractivity contribution is 7.92. The fraction of sp³-hybridized carbons (Fsp3) is 0.375. The summed E-state index contributed by atoms with van der Waals surface area (Å²) in [5, 5.41) is 2.89. The molecule has 0 aromatic heterocycles. The molecule has 0 fully saturated rings. The zero-order chi connectivity index (χ0) is 31.0. The summed E-state index contributed by atoms with van der Waals surface area (Å²) in [5.74, 6) is 0.231. The van der Waals surface area contributed by atoms with Crippen LogP contribution in [0.4, 0.5) is 5.69 Å². The Kier molecular flexibility index (Phi) is 11.0. The maximum atomic E-state index is 14.2. The quantitative estimate of drug-likeness (QED) is 0.307. The lowest BCUT2D eigenvalue weighted by atomic mass is 10.1. The van der Waals surface area contributed by atoms with E-state index in [-0.39, 0.29) is 29.0 Å². The van der Waals surface area contributed by atoms with E-state index in [4.69, 9.17) is 9.47 Å². The second kappa shape index (κ2) is 14.2. The third-order valence-corrected chi connectivity index (χ3v) is 8.60. The first kappa shape index (κ1) is 32.5. The fourth-order valence-electron chi connectivity index (χ4n) is 4.35. The van der Waals surface area contributed by atoms with E-state index >= 15 is 0 Å². The molecule has 0 heterocycles. The van der Waals surface area contributed by atoms with Gasteiger partial charge in [-0.15, -0.1) is 0 Å². The second-order valence-corrected chi connectivity index (χ2v) is 12.6. The standard InChI is InChI=1S/C32H41N3O6S/c1-22(2)19-33-32(37)25(5)34(20-26-9-8-10-27(18-26)40-6)31(36)21-35(29-17-24(4)13-16-30(29)41-7)42(38,39)28-14-11-23(3)12-15-28/h8-18,22,25H,19-21H2,1-7H3,(H,33,37)/t25-/m1/s1. The first-order valence-corrected chi connectivity index (χ1v) is 15.3. The average Bonchev–Trinajstić information content (AvgIpc) is 2.97. The molecule has 0 radical (unpaired) electrons. The number of carbonyl (C=O) groups excluding carboxylic acids is 2. The summed E-state index contributed by atoms with van der Waals surface area (Å²) in [6.45, 7) is 9.25. The minimum atomic E-state index is -4.21. The number of amides is 2. The molecule has 2 amide bonds. The number of rotatable bonds is 13. The van der Waals surface area contributed by atoms with Gasteiger partial charge in [0.15, 0.2) is 0 Å². The molecular formula is C32H41N3O6S. The SMILES string of the molecule is COc1cccc(CN(C(=O)CN(c2cc(C)ccc2OC)S(=O)(=O)c2ccc(C)cc2)[C@H](C)C(=O)NCC(C)C)c1. The maximum absolute atomic E-state index is 14.2. The summed E-state index contributed by atoms with van der Waals surface area (Å²) in [7, 11) is -1.22. The molecule has 0 aliphatic rings. The number of ether oxygens (including phenoxy) is 2. The zero-order valence-electron chi connectivity index (χ0n) is 25.4. The van der Waals surface area contributed by atoms with Gasteiger partial charge < -0.3 is 19.7 Å². The molecule has 3 rings (SSSR count). The van der Waals surface area contributed by atoms with Gasteiger partial charge in [0, 0.05) is 13.1 Å². The van der Waals surface area contributed by atoms with Gasteiger partial charge in [0.2, 0.25) is 11.8 Å². The highest BCUT2D eigenvalue weighted by atomic mass is 32.2. The van der Waals surface area contributed by atoms with Gasteiger partial charge in [-0.2, -0.15) is 0 Å². The van der Waals surface area contributed by atoms with Gasteiger partial charge in [-0.3, -0.25) is 13.9 Å². The van der Waals surface area contributed by atoms with E-state index in [1.165, 1.54) is 24.1 Å². The lowest BCUT2D eigenvalue weighted by Gasteiger charge is -2.32. The van der Waals surface area contributed by atoms with Crippen LogP contribution in [0.1, 0.15) is 37.5 Å². The van der Waals surface area contributed by atoms with E-state index in [0.717, 1.165) is 21.0 Å². The highest BCUT2D eigenvalue weighted by Gasteiger charge is 2.34. The summed E-state index contributed by atoms with van der Waals surface area (Å²) in [6.07, 6.45) is 0. The van der Waals surface area contributed by atoms with Crippen molar-refractivity contribution < 1.29 is 27.5 Å². The van der Waals surface area contributed by atoms with E-state index in [1.54, 1.807) is 62.6 Å². The van der Waals surface area contributed by atoms with Gasteiger partial charge in [-0.1, -0.05) is 49.7 Å². The van der Waals surface area contributed by atoms with E-state index in [0.29, 0.717) is 18.0 Å². The summed E-state index contributed by atoms with van der Waals surface area (Å²) >= 11 is 0. The molecule has 0 saturated heterocycles. The van der Waals surface area contributed by atoms with Gasteiger partial charge in [-0.05, 0) is 74.2 Å². The third kappa shape index (κ3) is 8.03. The Hall–Kier alpha value is -4.05. The monoisotopic (exact) mass is 595 g/mol. The molecule has 226 valence electrons. The molecule has 0 aliphatic heterocycles.